The van der Waals surface area contributed by atoms with E-state index in [9.17, 15) is 22.8 Å². The first-order valence-electron chi connectivity index (χ1n) is 17.6. The number of amides is 1. The normalized spacial score (nSPS) is 16.6. The number of alkyl halides is 3. The molecule has 280 valence electrons. The number of thiocarbonyl (C=S) groups is 1. The van der Waals surface area contributed by atoms with E-state index in [-0.39, 0.29) is 16.6 Å². The van der Waals surface area contributed by atoms with Crippen molar-refractivity contribution >= 4 is 46.1 Å². The van der Waals surface area contributed by atoms with E-state index in [2.05, 4.69) is 31.1 Å². The number of rotatable bonds is 14. The fraction of sp³-hybridized carbons (Fsp3) is 0.295. The predicted molar refractivity (Wildman–Crippen MR) is 210 cm³/mol. The number of allylic oxidation sites excluding steroid dienone is 8. The van der Waals surface area contributed by atoms with Crippen LogP contribution < -0.4 is 10.1 Å². The summed E-state index contributed by atoms with van der Waals surface area (Å²) in [6.45, 7) is 15.6. The van der Waals surface area contributed by atoms with E-state index in [0.29, 0.717) is 65.2 Å². The Bertz CT molecular complexity index is 2130. The van der Waals surface area contributed by atoms with Gasteiger partial charge in [0.1, 0.15) is 22.9 Å². The third kappa shape index (κ3) is 9.04. The first kappa shape index (κ1) is 41.4. The fourth-order valence-corrected chi connectivity index (χ4v) is 6.86. The van der Waals surface area contributed by atoms with Gasteiger partial charge in [0.15, 0.2) is 0 Å². The summed E-state index contributed by atoms with van der Waals surface area (Å²) in [6, 6.07) is 8.68. The first-order valence-corrected chi connectivity index (χ1v) is 18.0. The van der Waals surface area contributed by atoms with Gasteiger partial charge in [-0.25, -0.2) is 4.39 Å². The smallest absolute Gasteiger partial charge is 0.420 e. The minimum Gasteiger partial charge on any atom is -0.493 e. The van der Waals surface area contributed by atoms with Gasteiger partial charge in [-0.05, 0) is 105 Å². The summed E-state index contributed by atoms with van der Waals surface area (Å²) in [7, 11) is 0. The average Bonchev–Trinajstić information content (AvgIpc) is 3.08. The van der Waals surface area contributed by atoms with Crippen molar-refractivity contribution in [3.8, 4) is 11.8 Å². The monoisotopic (exact) mass is 754 g/mol. The van der Waals surface area contributed by atoms with Crippen LogP contribution in [0.5, 0.6) is 5.75 Å². The molecule has 2 aromatic rings. The maximum atomic E-state index is 15.1. The van der Waals surface area contributed by atoms with Crippen molar-refractivity contribution in [2.75, 3.05) is 6.61 Å². The second-order valence-corrected chi connectivity index (χ2v) is 13.7. The van der Waals surface area contributed by atoms with Crippen LogP contribution in [0.4, 0.5) is 17.6 Å². The van der Waals surface area contributed by atoms with Gasteiger partial charge in [0.25, 0.3) is 5.91 Å². The van der Waals surface area contributed by atoms with E-state index in [1.54, 1.807) is 36.4 Å². The van der Waals surface area contributed by atoms with E-state index < -0.39 is 34.1 Å². The molecule has 0 radical (unpaired) electrons. The molecule has 10 heteroatoms. The Morgan fingerprint density at radius 2 is 1.91 bits per heavy atom. The maximum Gasteiger partial charge on any atom is 0.420 e. The SMILES string of the molecule is C=CC(C)=C1C(=O)NC(c2cc(/C(=C/C(=S)/C=C/c3ccc(C#N)c(C(F)(F)F)c3F)C3(C(C)=O)CCC3)ccc2OCC)=C=CC=C1CC(=C)CCC. The largest absolute Gasteiger partial charge is 0.493 e. The molecule has 1 N–H and O–H groups in total. The Labute approximate surface area is 319 Å². The number of Topliss-reactive ketones (excluding diaryl/α,β-unsaturated/α-hetero) is 1. The predicted octanol–water partition coefficient (Wildman–Crippen LogP) is 11.1. The van der Waals surface area contributed by atoms with E-state index in [0.717, 1.165) is 48.6 Å². The zero-order valence-corrected chi connectivity index (χ0v) is 31.6. The van der Waals surface area contributed by atoms with Crippen LogP contribution in [-0.4, -0.2) is 23.2 Å². The van der Waals surface area contributed by atoms with Crippen LogP contribution in [-0.2, 0) is 15.8 Å². The van der Waals surface area contributed by atoms with Gasteiger partial charge in [0.05, 0.1) is 29.4 Å². The van der Waals surface area contributed by atoms with Gasteiger partial charge in [-0.2, -0.15) is 18.4 Å². The van der Waals surface area contributed by atoms with E-state index in [4.69, 9.17) is 22.2 Å². The number of halogens is 4. The van der Waals surface area contributed by atoms with Crippen molar-refractivity contribution in [2.24, 2.45) is 5.41 Å². The Morgan fingerprint density at radius 3 is 2.48 bits per heavy atom. The lowest BCUT2D eigenvalue weighted by molar-refractivity contribution is -0.140. The van der Waals surface area contributed by atoms with Crippen molar-refractivity contribution < 1.29 is 31.9 Å². The minimum absolute atomic E-state index is 0.0921. The van der Waals surface area contributed by atoms with Gasteiger partial charge in [0.2, 0.25) is 0 Å². The molecule has 2 aliphatic rings. The number of ether oxygens (including phenoxy) is 1. The highest BCUT2D eigenvalue weighted by Crippen LogP contribution is 2.52. The summed E-state index contributed by atoms with van der Waals surface area (Å²) >= 11 is 5.63. The molecule has 5 nitrogen and oxygen atoms in total. The lowest BCUT2D eigenvalue weighted by atomic mass is 9.60. The van der Waals surface area contributed by atoms with Gasteiger partial charge in [-0.1, -0.05) is 86.8 Å². The van der Waals surface area contributed by atoms with Crippen LogP contribution in [0.15, 0.2) is 102 Å². The quantitative estimate of drug-likeness (QED) is 0.0683. The number of ketones is 1. The molecule has 0 bridgehead atoms. The highest BCUT2D eigenvalue weighted by Gasteiger charge is 2.45. The molecule has 0 saturated heterocycles. The lowest BCUT2D eigenvalue weighted by Gasteiger charge is -2.42. The third-order valence-electron chi connectivity index (χ3n) is 9.59. The van der Waals surface area contributed by atoms with Crippen molar-refractivity contribution in [1.82, 2.24) is 5.32 Å². The molecule has 0 spiro atoms. The molecule has 0 aromatic heterocycles. The van der Waals surface area contributed by atoms with Gasteiger partial charge in [0, 0.05) is 21.6 Å². The Hall–Kier alpha value is -5.36. The molecule has 4 rings (SSSR count). The van der Waals surface area contributed by atoms with Crippen LogP contribution in [0.2, 0.25) is 0 Å². The highest BCUT2D eigenvalue weighted by atomic mass is 32.1. The number of carbonyl (C=O) groups is 2. The maximum absolute atomic E-state index is 15.1. The van der Waals surface area contributed by atoms with Crippen molar-refractivity contribution in [2.45, 2.75) is 72.4 Å². The molecule has 1 saturated carbocycles. The molecule has 1 fully saturated rings. The molecule has 1 amide bonds. The second-order valence-electron chi connectivity index (χ2n) is 13.2. The zero-order valence-electron chi connectivity index (χ0n) is 30.8. The number of nitrogens with zero attached hydrogens (tertiary/aromatic N) is 1. The van der Waals surface area contributed by atoms with Crippen molar-refractivity contribution in [1.29, 1.82) is 5.26 Å². The van der Waals surface area contributed by atoms with Crippen LogP contribution in [0.25, 0.3) is 17.3 Å². The van der Waals surface area contributed by atoms with Crippen molar-refractivity contribution in [3.05, 3.63) is 136 Å². The summed E-state index contributed by atoms with van der Waals surface area (Å²) in [5.41, 5.74) is 4.33. The summed E-state index contributed by atoms with van der Waals surface area (Å²) in [5, 5.41) is 12.1. The number of benzene rings is 2. The van der Waals surface area contributed by atoms with E-state index in [1.807, 2.05) is 19.9 Å². The minimum atomic E-state index is -5.08. The third-order valence-corrected chi connectivity index (χ3v) is 9.84. The van der Waals surface area contributed by atoms with Crippen LogP contribution in [0, 0.1) is 22.6 Å². The van der Waals surface area contributed by atoms with Crippen molar-refractivity contribution in [3.63, 3.8) is 0 Å². The average molecular weight is 755 g/mol. The van der Waals surface area contributed by atoms with Gasteiger partial charge in [-0.15, -0.1) is 0 Å². The summed E-state index contributed by atoms with van der Waals surface area (Å²) in [4.78, 5) is 27.4. The molecule has 0 atom stereocenters. The molecule has 1 heterocycles. The number of nitrogens with one attached hydrogen (secondary N) is 1. The Morgan fingerprint density at radius 1 is 1.19 bits per heavy atom. The highest BCUT2D eigenvalue weighted by molar-refractivity contribution is 7.81. The number of hydrogen-bond acceptors (Lipinski definition) is 5. The first-order chi connectivity index (χ1) is 25.6. The standard InChI is InChI=1S/C44H42F4N2O3S/c1-7-12-27(4)23-32-13-10-14-37(50-42(52)39(32)28(5)8-2)35-24-31(18-20-38(35)53-9-3)36(43(29(6)51)21-11-22-43)25-34(54)19-17-30-15-16-33(26-49)40(41(30)45)44(46,47)48/h8,10,13,15-20,24-25H,2,4,7,9,11-12,21-23H2,1,3,5-6H3,(H,50,52)/b19-17+,32-13?,36-25-,39-28?. The van der Waals surface area contributed by atoms with Gasteiger partial charge in [-0.3, -0.25) is 9.59 Å². The van der Waals surface area contributed by atoms with Crippen LogP contribution in [0.1, 0.15) is 94.0 Å². The topological polar surface area (TPSA) is 79.2 Å². The Kier molecular flexibility index (Phi) is 13.5. The van der Waals surface area contributed by atoms with Gasteiger partial charge >= 0.3 is 6.18 Å². The molecule has 2 aromatic carbocycles. The Balaban J connectivity index is 1.87. The molecule has 1 aliphatic heterocycles. The zero-order chi connectivity index (χ0) is 39.8. The van der Waals surface area contributed by atoms with Crippen LogP contribution in [0.3, 0.4) is 0 Å². The van der Waals surface area contributed by atoms with E-state index >= 15 is 4.39 Å². The number of hydrogen-bond donors (Lipinski definition) is 1. The fourth-order valence-electron chi connectivity index (χ4n) is 6.67. The molecular weight excluding hydrogens is 713 g/mol. The molecule has 0 unspecified atom stereocenters. The van der Waals surface area contributed by atoms with E-state index in [1.165, 1.54) is 19.1 Å². The second kappa shape index (κ2) is 17.6. The van der Waals surface area contributed by atoms with Crippen LogP contribution >= 0.6 is 12.2 Å². The number of nitriles is 1. The summed E-state index contributed by atoms with van der Waals surface area (Å²) in [5.74, 6) is -1.59. The molecular formula is C44H42F4N2O3S. The summed E-state index contributed by atoms with van der Waals surface area (Å²) < 4.78 is 61.9. The summed E-state index contributed by atoms with van der Waals surface area (Å²) in [6.07, 6.45) is 8.22. The lowest BCUT2D eigenvalue weighted by Crippen LogP contribution is -2.38. The number of carbonyl (C=O) groups excluding carboxylic acids is 2. The molecule has 1 aliphatic carbocycles. The van der Waals surface area contributed by atoms with Gasteiger partial charge < -0.3 is 10.1 Å². The molecule has 54 heavy (non-hydrogen) atoms.